The van der Waals surface area contributed by atoms with Gasteiger partial charge in [-0.3, -0.25) is 0 Å². The molecule has 1 heterocycles. The smallest absolute Gasteiger partial charge is 0.129 e. The van der Waals surface area contributed by atoms with Crippen LogP contribution >= 0.6 is 0 Å². The lowest BCUT2D eigenvalue weighted by Crippen LogP contribution is -2.06. The predicted octanol–water partition coefficient (Wildman–Crippen LogP) is 2.93. The Labute approximate surface area is 113 Å². The van der Waals surface area contributed by atoms with E-state index in [0.717, 1.165) is 17.0 Å². The highest BCUT2D eigenvalue weighted by Crippen LogP contribution is 2.40. The standard InChI is InChI=1S/C16H18N2O/c1-10-8-14(16(17)18-9-10)15(19)13-6-4-12(5-7-13)11-2-3-11/h4-9,11,15,19H,2-3H2,1H3,(H2,17,18). The van der Waals surface area contributed by atoms with E-state index in [1.54, 1.807) is 6.20 Å². The summed E-state index contributed by atoms with van der Waals surface area (Å²) in [4.78, 5) is 4.10. The fraction of sp³-hybridized carbons (Fsp3) is 0.312. The zero-order chi connectivity index (χ0) is 13.4. The van der Waals surface area contributed by atoms with E-state index < -0.39 is 6.10 Å². The molecular formula is C16H18N2O. The Hall–Kier alpha value is -1.87. The maximum absolute atomic E-state index is 10.4. The summed E-state index contributed by atoms with van der Waals surface area (Å²) >= 11 is 0. The minimum absolute atomic E-state index is 0.393. The Morgan fingerprint density at radius 1 is 1.26 bits per heavy atom. The van der Waals surface area contributed by atoms with Gasteiger partial charge in [-0.2, -0.15) is 0 Å². The molecule has 19 heavy (non-hydrogen) atoms. The molecule has 1 aromatic carbocycles. The van der Waals surface area contributed by atoms with Crippen LogP contribution in [0.15, 0.2) is 36.5 Å². The number of aromatic nitrogens is 1. The van der Waals surface area contributed by atoms with Gasteiger partial charge in [0.1, 0.15) is 11.9 Å². The third-order valence-electron chi connectivity index (χ3n) is 3.68. The summed E-state index contributed by atoms with van der Waals surface area (Å²) in [5.74, 6) is 1.13. The third kappa shape index (κ3) is 2.47. The van der Waals surface area contributed by atoms with E-state index in [-0.39, 0.29) is 0 Å². The number of aryl methyl sites for hydroxylation is 1. The van der Waals surface area contributed by atoms with Gasteiger partial charge in [-0.05, 0) is 48.4 Å². The van der Waals surface area contributed by atoms with Crippen LogP contribution in [0.4, 0.5) is 5.82 Å². The lowest BCUT2D eigenvalue weighted by atomic mass is 9.99. The van der Waals surface area contributed by atoms with Gasteiger partial charge in [0, 0.05) is 11.8 Å². The number of rotatable bonds is 3. The molecule has 1 aromatic heterocycles. The average molecular weight is 254 g/mol. The maximum Gasteiger partial charge on any atom is 0.129 e. The van der Waals surface area contributed by atoms with Crippen LogP contribution in [-0.2, 0) is 0 Å². The van der Waals surface area contributed by atoms with Gasteiger partial charge in [-0.1, -0.05) is 24.3 Å². The first-order valence-electron chi connectivity index (χ1n) is 6.65. The lowest BCUT2D eigenvalue weighted by molar-refractivity contribution is 0.220. The van der Waals surface area contributed by atoms with Gasteiger partial charge in [-0.15, -0.1) is 0 Å². The van der Waals surface area contributed by atoms with Crippen molar-refractivity contribution in [3.63, 3.8) is 0 Å². The van der Waals surface area contributed by atoms with Crippen LogP contribution in [0.5, 0.6) is 0 Å². The first kappa shape index (κ1) is 12.2. The molecule has 0 aliphatic heterocycles. The van der Waals surface area contributed by atoms with Crippen LogP contribution in [0.25, 0.3) is 0 Å². The molecule has 2 aromatic rings. The molecule has 0 radical (unpaired) electrons. The normalized spacial score (nSPS) is 16.3. The van der Waals surface area contributed by atoms with Gasteiger partial charge in [0.25, 0.3) is 0 Å². The number of hydrogen-bond acceptors (Lipinski definition) is 3. The highest BCUT2D eigenvalue weighted by molar-refractivity contribution is 5.46. The van der Waals surface area contributed by atoms with E-state index in [4.69, 9.17) is 5.73 Å². The van der Waals surface area contributed by atoms with Crippen molar-refractivity contribution in [3.05, 3.63) is 58.8 Å². The summed E-state index contributed by atoms with van der Waals surface area (Å²) in [6.45, 7) is 1.94. The van der Waals surface area contributed by atoms with Crippen LogP contribution in [-0.4, -0.2) is 10.1 Å². The molecular weight excluding hydrogens is 236 g/mol. The Balaban J connectivity index is 1.89. The average Bonchev–Trinajstić information content (AvgIpc) is 3.25. The number of pyridine rings is 1. The Kier molecular flexibility index (Phi) is 2.99. The number of nitrogens with zero attached hydrogens (tertiary/aromatic N) is 1. The molecule has 0 saturated heterocycles. The second-order valence-electron chi connectivity index (χ2n) is 5.33. The van der Waals surface area contributed by atoms with Crippen LogP contribution in [0, 0.1) is 6.92 Å². The second-order valence-corrected chi connectivity index (χ2v) is 5.33. The van der Waals surface area contributed by atoms with Crippen LogP contribution < -0.4 is 5.73 Å². The molecule has 1 atom stereocenters. The summed E-state index contributed by atoms with van der Waals surface area (Å²) in [6, 6.07) is 10.1. The largest absolute Gasteiger partial charge is 0.384 e. The van der Waals surface area contributed by atoms with Gasteiger partial charge in [0.15, 0.2) is 0 Å². The van der Waals surface area contributed by atoms with Crippen LogP contribution in [0.1, 0.15) is 47.1 Å². The van der Waals surface area contributed by atoms with E-state index in [9.17, 15) is 5.11 Å². The molecule has 3 heteroatoms. The van der Waals surface area contributed by atoms with Gasteiger partial charge in [0.2, 0.25) is 0 Å². The number of benzene rings is 1. The third-order valence-corrected chi connectivity index (χ3v) is 3.68. The first-order chi connectivity index (χ1) is 9.15. The van der Waals surface area contributed by atoms with Crippen molar-refractivity contribution in [2.45, 2.75) is 31.8 Å². The lowest BCUT2D eigenvalue weighted by Gasteiger charge is -2.14. The summed E-state index contributed by atoms with van der Waals surface area (Å²) in [5.41, 5.74) is 9.75. The maximum atomic E-state index is 10.4. The van der Waals surface area contributed by atoms with Crippen molar-refractivity contribution < 1.29 is 5.11 Å². The Bertz CT molecular complexity index is 588. The fourth-order valence-corrected chi connectivity index (χ4v) is 2.37. The molecule has 98 valence electrons. The molecule has 1 aliphatic rings. The number of aliphatic hydroxyl groups excluding tert-OH is 1. The van der Waals surface area contributed by atoms with Gasteiger partial charge < -0.3 is 10.8 Å². The molecule has 1 aliphatic carbocycles. The van der Waals surface area contributed by atoms with Gasteiger partial charge >= 0.3 is 0 Å². The van der Waals surface area contributed by atoms with E-state index in [1.165, 1.54) is 18.4 Å². The molecule has 0 spiro atoms. The van der Waals surface area contributed by atoms with Crippen molar-refractivity contribution in [3.8, 4) is 0 Å². The molecule has 1 fully saturated rings. The van der Waals surface area contributed by atoms with Crippen molar-refractivity contribution in [2.24, 2.45) is 0 Å². The summed E-state index contributed by atoms with van der Waals surface area (Å²) in [5, 5.41) is 10.4. The van der Waals surface area contributed by atoms with Gasteiger partial charge in [-0.25, -0.2) is 4.98 Å². The molecule has 0 bridgehead atoms. The predicted molar refractivity (Wildman–Crippen MR) is 75.9 cm³/mol. The number of aliphatic hydroxyl groups is 1. The first-order valence-corrected chi connectivity index (χ1v) is 6.65. The summed E-state index contributed by atoms with van der Waals surface area (Å²) < 4.78 is 0. The van der Waals surface area contributed by atoms with Gasteiger partial charge in [0.05, 0.1) is 0 Å². The molecule has 1 unspecified atom stereocenters. The van der Waals surface area contributed by atoms with Crippen LogP contribution in [0.3, 0.4) is 0 Å². The SMILES string of the molecule is Cc1cnc(N)c(C(O)c2ccc(C3CC3)cc2)c1. The Morgan fingerprint density at radius 3 is 2.58 bits per heavy atom. The van der Waals surface area contributed by atoms with Crippen molar-refractivity contribution in [2.75, 3.05) is 5.73 Å². The van der Waals surface area contributed by atoms with E-state index in [0.29, 0.717) is 11.4 Å². The van der Waals surface area contributed by atoms with E-state index in [2.05, 4.69) is 17.1 Å². The number of nitrogens with two attached hydrogens (primary N) is 1. The highest BCUT2D eigenvalue weighted by Gasteiger charge is 2.23. The second kappa shape index (κ2) is 4.67. The highest BCUT2D eigenvalue weighted by atomic mass is 16.3. The van der Waals surface area contributed by atoms with Crippen molar-refractivity contribution in [1.82, 2.24) is 4.98 Å². The van der Waals surface area contributed by atoms with E-state index >= 15 is 0 Å². The van der Waals surface area contributed by atoms with E-state index in [1.807, 2.05) is 25.1 Å². The molecule has 1 saturated carbocycles. The van der Waals surface area contributed by atoms with Crippen LogP contribution in [0.2, 0.25) is 0 Å². The number of hydrogen-bond donors (Lipinski definition) is 2. The fourth-order valence-electron chi connectivity index (χ4n) is 2.37. The minimum atomic E-state index is -0.708. The quantitative estimate of drug-likeness (QED) is 0.885. The zero-order valence-electron chi connectivity index (χ0n) is 11.0. The molecule has 3 N–H and O–H groups in total. The summed E-state index contributed by atoms with van der Waals surface area (Å²) in [7, 11) is 0. The molecule has 0 amide bonds. The number of anilines is 1. The number of nitrogen functional groups attached to an aromatic ring is 1. The molecule has 3 rings (SSSR count). The van der Waals surface area contributed by atoms with Crippen molar-refractivity contribution >= 4 is 5.82 Å². The topological polar surface area (TPSA) is 59.1 Å². The monoisotopic (exact) mass is 254 g/mol. The molecule has 3 nitrogen and oxygen atoms in total. The Morgan fingerprint density at radius 2 is 1.95 bits per heavy atom. The zero-order valence-corrected chi connectivity index (χ0v) is 11.0. The van der Waals surface area contributed by atoms with Crippen molar-refractivity contribution in [1.29, 1.82) is 0 Å². The summed E-state index contributed by atoms with van der Waals surface area (Å²) in [6.07, 6.45) is 3.58. The minimum Gasteiger partial charge on any atom is -0.384 e.